The lowest BCUT2D eigenvalue weighted by molar-refractivity contribution is -0.141. The van der Waals surface area contributed by atoms with Crippen LogP contribution in [0, 0.1) is 0 Å². The van der Waals surface area contributed by atoms with E-state index in [4.69, 9.17) is 23.2 Å². The standard InChI is InChI=1S/C17H9Cl2F3N4O/c1-25-7-23-13-14(25)9-3-5-12(17(20,21)22)24-15(9)26(16(13)27)11-4-2-8(18)6-10(11)19/h2-7H,1H3. The summed E-state index contributed by atoms with van der Waals surface area (Å²) in [4.78, 5) is 20.8. The summed E-state index contributed by atoms with van der Waals surface area (Å²) in [5.41, 5.74) is -1.27. The van der Waals surface area contributed by atoms with E-state index < -0.39 is 17.4 Å². The van der Waals surface area contributed by atoms with Gasteiger partial charge < -0.3 is 4.57 Å². The molecule has 0 amide bonds. The van der Waals surface area contributed by atoms with Gasteiger partial charge in [0.25, 0.3) is 5.56 Å². The van der Waals surface area contributed by atoms with Crippen LogP contribution in [0.3, 0.4) is 0 Å². The van der Waals surface area contributed by atoms with Gasteiger partial charge in [-0.1, -0.05) is 23.2 Å². The number of nitrogens with zero attached hydrogens (tertiary/aromatic N) is 4. The second-order valence-electron chi connectivity index (χ2n) is 5.85. The van der Waals surface area contributed by atoms with E-state index in [0.29, 0.717) is 15.9 Å². The predicted molar refractivity (Wildman–Crippen MR) is 96.6 cm³/mol. The van der Waals surface area contributed by atoms with Crippen molar-refractivity contribution < 1.29 is 13.2 Å². The van der Waals surface area contributed by atoms with Gasteiger partial charge in [0.05, 0.1) is 22.6 Å². The Bertz CT molecular complexity index is 1280. The van der Waals surface area contributed by atoms with Gasteiger partial charge in [0.2, 0.25) is 0 Å². The van der Waals surface area contributed by atoms with Crippen LogP contribution in [0.4, 0.5) is 13.2 Å². The zero-order valence-corrected chi connectivity index (χ0v) is 15.1. The highest BCUT2D eigenvalue weighted by atomic mass is 35.5. The van der Waals surface area contributed by atoms with Gasteiger partial charge in [-0.15, -0.1) is 0 Å². The number of pyridine rings is 2. The summed E-state index contributed by atoms with van der Waals surface area (Å²) >= 11 is 12.1. The van der Waals surface area contributed by atoms with Crippen molar-refractivity contribution in [2.24, 2.45) is 7.05 Å². The van der Waals surface area contributed by atoms with Crippen LogP contribution in [0.15, 0.2) is 41.5 Å². The Balaban J connectivity index is 2.24. The number of hydrogen-bond donors (Lipinski definition) is 0. The lowest BCUT2D eigenvalue weighted by atomic mass is 10.2. The third-order valence-electron chi connectivity index (χ3n) is 4.13. The fourth-order valence-corrected chi connectivity index (χ4v) is 3.45. The molecule has 0 spiro atoms. The van der Waals surface area contributed by atoms with Crippen molar-refractivity contribution in [2.45, 2.75) is 6.18 Å². The summed E-state index contributed by atoms with van der Waals surface area (Å²) in [5, 5.41) is 0.757. The predicted octanol–water partition coefficient (Wildman–Crippen LogP) is 4.60. The van der Waals surface area contributed by atoms with Crippen molar-refractivity contribution in [1.29, 1.82) is 0 Å². The normalized spacial score (nSPS) is 12.2. The van der Waals surface area contributed by atoms with Gasteiger partial charge in [-0.3, -0.25) is 9.36 Å². The largest absolute Gasteiger partial charge is 0.433 e. The molecule has 0 N–H and O–H groups in total. The van der Waals surface area contributed by atoms with Gasteiger partial charge in [-0.25, -0.2) is 9.97 Å². The van der Waals surface area contributed by atoms with Gasteiger partial charge in [0.15, 0.2) is 5.52 Å². The molecule has 10 heteroatoms. The highest BCUT2D eigenvalue weighted by Gasteiger charge is 2.33. The molecule has 4 rings (SSSR count). The fraction of sp³-hybridized carbons (Fsp3) is 0.118. The van der Waals surface area contributed by atoms with Crippen LogP contribution in [-0.4, -0.2) is 19.1 Å². The van der Waals surface area contributed by atoms with E-state index in [1.54, 1.807) is 11.6 Å². The van der Waals surface area contributed by atoms with Crippen LogP contribution in [0.5, 0.6) is 0 Å². The summed E-state index contributed by atoms with van der Waals surface area (Å²) in [6.45, 7) is 0. The summed E-state index contributed by atoms with van der Waals surface area (Å²) < 4.78 is 42.2. The number of aryl methyl sites for hydroxylation is 1. The molecule has 0 bridgehead atoms. The monoisotopic (exact) mass is 412 g/mol. The molecule has 27 heavy (non-hydrogen) atoms. The van der Waals surface area contributed by atoms with Gasteiger partial charge in [0.1, 0.15) is 11.3 Å². The minimum Gasteiger partial charge on any atom is -0.333 e. The topological polar surface area (TPSA) is 52.7 Å². The maximum Gasteiger partial charge on any atom is 0.433 e. The third-order valence-corrected chi connectivity index (χ3v) is 4.66. The van der Waals surface area contributed by atoms with Crippen molar-refractivity contribution in [1.82, 2.24) is 19.1 Å². The summed E-state index contributed by atoms with van der Waals surface area (Å²) in [5.74, 6) is 0. The second kappa shape index (κ2) is 5.97. The van der Waals surface area contributed by atoms with Gasteiger partial charge in [-0.2, -0.15) is 13.2 Å². The zero-order valence-electron chi connectivity index (χ0n) is 13.6. The highest BCUT2D eigenvalue weighted by molar-refractivity contribution is 6.35. The maximum absolute atomic E-state index is 13.2. The van der Waals surface area contributed by atoms with E-state index in [1.807, 2.05) is 0 Å². The molecule has 4 aromatic rings. The van der Waals surface area contributed by atoms with Crippen molar-refractivity contribution in [2.75, 3.05) is 0 Å². The van der Waals surface area contributed by atoms with Gasteiger partial charge in [-0.05, 0) is 30.3 Å². The van der Waals surface area contributed by atoms with E-state index in [9.17, 15) is 18.0 Å². The molecule has 1 aromatic carbocycles. The van der Waals surface area contributed by atoms with Crippen molar-refractivity contribution in [3.05, 3.63) is 62.8 Å². The molecule has 0 atom stereocenters. The second-order valence-corrected chi connectivity index (χ2v) is 6.70. The van der Waals surface area contributed by atoms with Crippen LogP contribution in [0.25, 0.3) is 27.8 Å². The Morgan fingerprint density at radius 1 is 1.11 bits per heavy atom. The molecular weight excluding hydrogens is 404 g/mol. The van der Waals surface area contributed by atoms with Crippen LogP contribution in [0.1, 0.15) is 5.69 Å². The number of halogens is 5. The maximum atomic E-state index is 13.2. The smallest absolute Gasteiger partial charge is 0.333 e. The zero-order chi connectivity index (χ0) is 19.5. The first kappa shape index (κ1) is 17.8. The molecule has 0 aliphatic heterocycles. The number of imidazole rings is 1. The van der Waals surface area contributed by atoms with E-state index in [2.05, 4.69) is 9.97 Å². The molecule has 3 heterocycles. The number of alkyl halides is 3. The minimum atomic E-state index is -4.67. The lowest BCUT2D eigenvalue weighted by Gasteiger charge is -2.14. The first-order chi connectivity index (χ1) is 12.7. The number of rotatable bonds is 1. The molecule has 0 saturated heterocycles. The molecule has 5 nitrogen and oxygen atoms in total. The van der Waals surface area contributed by atoms with Gasteiger partial charge in [0, 0.05) is 17.5 Å². The molecule has 0 fully saturated rings. The van der Waals surface area contributed by atoms with E-state index in [0.717, 1.165) is 10.6 Å². The Kier molecular flexibility index (Phi) is 3.94. The summed E-state index contributed by atoms with van der Waals surface area (Å²) in [6, 6.07) is 6.47. The average Bonchev–Trinajstić information content (AvgIpc) is 2.98. The van der Waals surface area contributed by atoms with Crippen LogP contribution in [-0.2, 0) is 13.2 Å². The molecule has 3 aromatic heterocycles. The first-order valence-electron chi connectivity index (χ1n) is 7.58. The molecule has 0 radical (unpaired) electrons. The fourth-order valence-electron chi connectivity index (χ4n) is 2.95. The summed E-state index contributed by atoms with van der Waals surface area (Å²) in [7, 11) is 1.64. The Morgan fingerprint density at radius 2 is 1.85 bits per heavy atom. The van der Waals surface area contributed by atoms with Gasteiger partial charge >= 0.3 is 6.18 Å². The molecule has 0 aliphatic rings. The molecule has 0 unspecified atom stereocenters. The highest BCUT2D eigenvalue weighted by Crippen LogP contribution is 2.32. The SMILES string of the molecule is Cn1cnc2c(=O)n(-c3ccc(Cl)cc3Cl)c3nc(C(F)(F)F)ccc3c21. The van der Waals surface area contributed by atoms with Crippen molar-refractivity contribution >= 4 is 45.3 Å². The Morgan fingerprint density at radius 3 is 2.52 bits per heavy atom. The van der Waals surface area contributed by atoms with Crippen LogP contribution < -0.4 is 5.56 Å². The number of fused-ring (bicyclic) bond motifs is 3. The minimum absolute atomic E-state index is 0.0950. The molecule has 0 saturated carbocycles. The third kappa shape index (κ3) is 2.76. The Labute approximate surface area is 159 Å². The molecule has 0 aliphatic carbocycles. The molecule has 138 valence electrons. The van der Waals surface area contributed by atoms with Crippen LogP contribution in [0.2, 0.25) is 10.0 Å². The molecular formula is C17H9Cl2F3N4O. The van der Waals surface area contributed by atoms with Crippen molar-refractivity contribution in [3.63, 3.8) is 0 Å². The average molecular weight is 413 g/mol. The number of aromatic nitrogens is 4. The number of hydrogen-bond acceptors (Lipinski definition) is 3. The van der Waals surface area contributed by atoms with E-state index in [1.165, 1.54) is 30.6 Å². The number of benzene rings is 1. The first-order valence-corrected chi connectivity index (χ1v) is 8.33. The lowest BCUT2D eigenvalue weighted by Crippen LogP contribution is -2.22. The van der Waals surface area contributed by atoms with E-state index >= 15 is 0 Å². The van der Waals surface area contributed by atoms with E-state index in [-0.39, 0.29) is 21.9 Å². The summed E-state index contributed by atoms with van der Waals surface area (Å²) in [6.07, 6.45) is -3.25. The Hall–Kier alpha value is -2.58. The quantitative estimate of drug-likeness (QED) is 0.459. The van der Waals surface area contributed by atoms with Crippen molar-refractivity contribution in [3.8, 4) is 5.69 Å². The van der Waals surface area contributed by atoms with Crippen LogP contribution >= 0.6 is 23.2 Å².